The van der Waals surface area contributed by atoms with Gasteiger partial charge in [-0.1, -0.05) is 29.8 Å². The maximum atomic E-state index is 5.91. The highest BCUT2D eigenvalue weighted by molar-refractivity contribution is 7.71. The molecule has 2 aromatic heterocycles. The molecule has 4 nitrogen and oxygen atoms in total. The van der Waals surface area contributed by atoms with E-state index in [4.69, 9.17) is 23.8 Å². The second-order valence-electron chi connectivity index (χ2n) is 5.04. The Morgan fingerprint density at radius 1 is 1.32 bits per heavy atom. The molecule has 22 heavy (non-hydrogen) atoms. The van der Waals surface area contributed by atoms with Crippen molar-refractivity contribution < 1.29 is 0 Å². The summed E-state index contributed by atoms with van der Waals surface area (Å²) in [5.41, 5.74) is 1.21. The molecule has 7 heteroatoms. The standard InChI is InChI=1S/C15H15ClN4S2/c1-19(9-11-4-6-12(16)7-5-11)10-20-15(21)17-14(18-20)13-3-2-8-22-13/h2-8H,9-10H2,1H3,(H,17,18,21). The Kier molecular flexibility index (Phi) is 4.73. The fraction of sp³-hybridized carbons (Fsp3) is 0.200. The second kappa shape index (κ2) is 6.75. The van der Waals surface area contributed by atoms with E-state index >= 15 is 0 Å². The molecule has 1 aromatic carbocycles. The lowest BCUT2D eigenvalue weighted by molar-refractivity contribution is 0.244. The minimum absolute atomic E-state index is 0.561. The molecule has 0 unspecified atom stereocenters. The Bertz CT molecular complexity index is 790. The van der Waals surface area contributed by atoms with Crippen molar-refractivity contribution in [2.75, 3.05) is 7.05 Å². The summed E-state index contributed by atoms with van der Waals surface area (Å²) in [5, 5.41) is 6.04. The number of benzene rings is 1. The van der Waals surface area contributed by atoms with E-state index in [-0.39, 0.29) is 0 Å². The molecular formula is C15H15ClN4S2. The first-order valence-corrected chi connectivity index (χ1v) is 8.42. The zero-order chi connectivity index (χ0) is 15.5. The number of H-pyrrole nitrogens is 1. The van der Waals surface area contributed by atoms with E-state index < -0.39 is 0 Å². The molecule has 2 heterocycles. The predicted octanol–water partition coefficient (Wildman–Crippen LogP) is 4.41. The normalized spacial score (nSPS) is 11.2. The predicted molar refractivity (Wildman–Crippen MR) is 93.6 cm³/mol. The first kappa shape index (κ1) is 15.4. The summed E-state index contributed by atoms with van der Waals surface area (Å²) in [6, 6.07) is 11.9. The maximum absolute atomic E-state index is 5.91. The molecular weight excluding hydrogens is 336 g/mol. The molecule has 0 fully saturated rings. The van der Waals surface area contributed by atoms with Gasteiger partial charge in [0.1, 0.15) is 0 Å². The van der Waals surface area contributed by atoms with Gasteiger partial charge in [0, 0.05) is 11.6 Å². The highest BCUT2D eigenvalue weighted by atomic mass is 35.5. The van der Waals surface area contributed by atoms with Gasteiger partial charge in [0.05, 0.1) is 11.5 Å². The summed E-state index contributed by atoms with van der Waals surface area (Å²) in [4.78, 5) is 7.66. The molecule has 0 saturated heterocycles. The minimum Gasteiger partial charge on any atom is -0.283 e. The van der Waals surface area contributed by atoms with Crippen molar-refractivity contribution in [2.24, 2.45) is 0 Å². The van der Waals surface area contributed by atoms with E-state index in [0.29, 0.717) is 11.4 Å². The fourth-order valence-corrected chi connectivity index (χ4v) is 3.15. The lowest BCUT2D eigenvalue weighted by Crippen LogP contribution is -2.22. The molecule has 0 amide bonds. The lowest BCUT2D eigenvalue weighted by Gasteiger charge is -2.16. The van der Waals surface area contributed by atoms with Gasteiger partial charge in [0.15, 0.2) is 5.82 Å². The van der Waals surface area contributed by atoms with E-state index in [0.717, 1.165) is 22.3 Å². The quantitative estimate of drug-likeness (QED) is 0.692. The van der Waals surface area contributed by atoms with Gasteiger partial charge in [0.2, 0.25) is 4.77 Å². The van der Waals surface area contributed by atoms with Gasteiger partial charge in [0.25, 0.3) is 0 Å². The van der Waals surface area contributed by atoms with E-state index in [1.165, 1.54) is 5.56 Å². The number of hydrogen-bond donors (Lipinski definition) is 1. The Labute approximate surface area is 143 Å². The summed E-state index contributed by atoms with van der Waals surface area (Å²) in [6.45, 7) is 1.46. The van der Waals surface area contributed by atoms with E-state index in [2.05, 4.69) is 15.0 Å². The Balaban J connectivity index is 1.70. The monoisotopic (exact) mass is 350 g/mol. The van der Waals surface area contributed by atoms with Crippen LogP contribution in [0.2, 0.25) is 5.02 Å². The minimum atomic E-state index is 0.561. The molecule has 114 valence electrons. The first-order valence-electron chi connectivity index (χ1n) is 6.75. The van der Waals surface area contributed by atoms with Crippen LogP contribution >= 0.6 is 35.2 Å². The molecule has 3 aromatic rings. The van der Waals surface area contributed by atoms with Gasteiger partial charge in [-0.25, -0.2) is 4.68 Å². The molecule has 0 aliphatic heterocycles. The number of hydrogen-bond acceptors (Lipinski definition) is 4. The zero-order valence-corrected chi connectivity index (χ0v) is 14.4. The topological polar surface area (TPSA) is 36.9 Å². The van der Waals surface area contributed by atoms with Crippen LogP contribution in [0.1, 0.15) is 5.56 Å². The third-order valence-corrected chi connectivity index (χ3v) is 4.62. The molecule has 0 saturated carbocycles. The van der Waals surface area contributed by atoms with Crippen LogP contribution in [0.4, 0.5) is 0 Å². The van der Waals surface area contributed by atoms with E-state index in [1.807, 2.05) is 53.5 Å². The van der Waals surface area contributed by atoms with Crippen molar-refractivity contribution in [2.45, 2.75) is 13.2 Å². The van der Waals surface area contributed by atoms with Crippen LogP contribution in [0.5, 0.6) is 0 Å². The molecule has 1 N–H and O–H groups in total. The van der Waals surface area contributed by atoms with Crippen molar-refractivity contribution in [1.82, 2.24) is 19.7 Å². The van der Waals surface area contributed by atoms with E-state index in [9.17, 15) is 0 Å². The number of thiophene rings is 1. The molecule has 0 atom stereocenters. The second-order valence-corrected chi connectivity index (χ2v) is 6.79. The highest BCUT2D eigenvalue weighted by Crippen LogP contribution is 2.20. The average Bonchev–Trinajstić information content (AvgIpc) is 3.12. The summed E-state index contributed by atoms with van der Waals surface area (Å²) in [7, 11) is 2.04. The lowest BCUT2D eigenvalue weighted by atomic mass is 10.2. The molecule has 0 spiro atoms. The SMILES string of the molecule is CN(Cc1ccc(Cl)cc1)Cn1[nH]c(-c2cccs2)nc1=S. The van der Waals surface area contributed by atoms with Crippen LogP contribution in [0.25, 0.3) is 10.7 Å². The van der Waals surface area contributed by atoms with Crippen LogP contribution in [-0.4, -0.2) is 26.7 Å². The largest absolute Gasteiger partial charge is 0.283 e. The smallest absolute Gasteiger partial charge is 0.217 e. The maximum Gasteiger partial charge on any atom is 0.217 e. The third-order valence-electron chi connectivity index (χ3n) is 3.18. The highest BCUT2D eigenvalue weighted by Gasteiger charge is 2.08. The van der Waals surface area contributed by atoms with Crippen LogP contribution in [0, 0.1) is 4.77 Å². The third kappa shape index (κ3) is 3.64. The fourth-order valence-electron chi connectivity index (χ4n) is 2.17. The van der Waals surface area contributed by atoms with E-state index in [1.54, 1.807) is 11.3 Å². The summed E-state index contributed by atoms with van der Waals surface area (Å²) < 4.78 is 2.44. The van der Waals surface area contributed by atoms with Gasteiger partial charge in [-0.15, -0.1) is 11.3 Å². The number of aromatic amines is 1. The van der Waals surface area contributed by atoms with Crippen LogP contribution < -0.4 is 0 Å². The van der Waals surface area contributed by atoms with Crippen molar-refractivity contribution >= 4 is 35.2 Å². The zero-order valence-electron chi connectivity index (χ0n) is 12.0. The van der Waals surface area contributed by atoms with Gasteiger partial charge >= 0.3 is 0 Å². The molecule has 0 aliphatic rings. The summed E-state index contributed by atoms with van der Waals surface area (Å²) in [5.74, 6) is 0.819. The van der Waals surface area contributed by atoms with Crippen molar-refractivity contribution in [1.29, 1.82) is 0 Å². The number of nitrogens with one attached hydrogen (secondary N) is 1. The van der Waals surface area contributed by atoms with Gasteiger partial charge < -0.3 is 0 Å². The Morgan fingerprint density at radius 2 is 2.09 bits per heavy atom. The number of nitrogens with zero attached hydrogens (tertiary/aromatic N) is 3. The van der Waals surface area contributed by atoms with Crippen molar-refractivity contribution in [3.63, 3.8) is 0 Å². The van der Waals surface area contributed by atoms with Gasteiger partial charge in [-0.3, -0.25) is 10.00 Å². The van der Waals surface area contributed by atoms with Crippen LogP contribution in [0.3, 0.4) is 0 Å². The van der Waals surface area contributed by atoms with Crippen LogP contribution in [-0.2, 0) is 13.2 Å². The van der Waals surface area contributed by atoms with Gasteiger partial charge in [-0.2, -0.15) is 4.98 Å². The summed E-state index contributed by atoms with van der Waals surface area (Å²) >= 11 is 12.9. The molecule has 3 rings (SSSR count). The summed E-state index contributed by atoms with van der Waals surface area (Å²) in [6.07, 6.45) is 0. The van der Waals surface area contributed by atoms with Crippen LogP contribution in [0.15, 0.2) is 41.8 Å². The number of aromatic nitrogens is 3. The molecule has 0 aliphatic carbocycles. The van der Waals surface area contributed by atoms with Crippen molar-refractivity contribution in [3.05, 3.63) is 57.1 Å². The Morgan fingerprint density at radius 3 is 2.77 bits per heavy atom. The van der Waals surface area contributed by atoms with Gasteiger partial charge in [-0.05, 0) is 48.4 Å². The van der Waals surface area contributed by atoms with Crippen molar-refractivity contribution in [3.8, 4) is 10.7 Å². The molecule has 0 bridgehead atoms. The first-order chi connectivity index (χ1) is 10.6. The number of rotatable bonds is 5. The number of halogens is 1. The average molecular weight is 351 g/mol. The molecule has 0 radical (unpaired) electrons. The Hall–Kier alpha value is -1.47.